The molecular formula is C64H94CoN14O15P-. The molecule has 31 heteroatoms. The number of carbonyl (C=O) groups excluding carboxylic acids is 8. The van der Waals surface area contributed by atoms with Crippen molar-refractivity contribution in [3.63, 3.8) is 0 Å². The molecule has 1 aromatic carbocycles. The Morgan fingerprint density at radius 1 is 0.800 bits per heavy atom. The van der Waals surface area contributed by atoms with Gasteiger partial charge in [-0.1, -0.05) is 34.6 Å². The molecule has 8 rings (SSSR count). The number of primary amides is 7. The predicted molar refractivity (Wildman–Crippen MR) is 346 cm³/mol. The van der Waals surface area contributed by atoms with Crippen LogP contribution in [-0.2, 0) is 73.5 Å². The first-order valence-electron chi connectivity index (χ1n) is 31.5. The van der Waals surface area contributed by atoms with Crippen LogP contribution in [0.2, 0.25) is 0 Å². The standard InChI is InChI=1S/C62H90N13O14P.C2H5NO.Co/c1-29-20-39-40(21-30(29)2)75(28-70-39)57-52(84)53(41(27-76)87-57)89-90(85,86)88-31(3)26-69-49(83)18-19-59(8)37(22-46(66)80)56-62(11)61(10,25-48(68)82)36(14-17-45(65)79)51(74-62)33(5)55-60(9,24-47(67)81)34(12-15-43(63)77)38(71-55)23-42-58(6,7)35(13-16-44(64)78)50(72-42)32(4)54(59)73-56;1-2(3)4;/h20-21,23,28,31,34-37,41,52-53,56-57,71,76,84H,12-19,22,24-27H2,1-11H3,(H2,63,77)(H2,64,78)(H2,65,79)(H2,66,80)(H2,67,81)(H2,68,82)(H,69,83)(H,85,86);1H3,(H2,3,4);/p-1/b38-23-,50-32-,55-33-;;/t31?,34-,35-,36-,37?,41-,52-,53+,56?,57+,59-,60+,61+,62?;;/m1../s1. The molecule has 29 nitrogen and oxygen atoms in total. The number of aromatic nitrogens is 2. The first-order valence-corrected chi connectivity index (χ1v) is 33.0. The molecule has 8 bridgehead atoms. The third-order valence-corrected chi connectivity index (χ3v) is 21.7. The van der Waals surface area contributed by atoms with Gasteiger partial charge in [0.15, 0.2) is 6.23 Å². The number of rotatable bonds is 26. The number of aliphatic hydroxyl groups is 2. The Hall–Kier alpha value is -7.02. The molecule has 525 valence electrons. The van der Waals surface area contributed by atoms with E-state index in [0.29, 0.717) is 56.4 Å². The van der Waals surface area contributed by atoms with Gasteiger partial charge in [-0.2, -0.15) is 0 Å². The number of hydrogen-bond donors (Lipinski definition) is 11. The smallest absolute Gasteiger partial charge is 0.268 e. The van der Waals surface area contributed by atoms with E-state index in [1.165, 1.54) is 24.7 Å². The van der Waals surface area contributed by atoms with Gasteiger partial charge >= 0.3 is 0 Å². The summed E-state index contributed by atoms with van der Waals surface area (Å²) in [6.45, 7) is 20.4. The number of fused-ring (bicyclic) bond motifs is 7. The first-order chi connectivity index (χ1) is 43.6. The van der Waals surface area contributed by atoms with Crippen molar-refractivity contribution in [2.45, 2.75) is 196 Å². The number of amides is 8. The van der Waals surface area contributed by atoms with E-state index < -0.39 is 143 Å². The van der Waals surface area contributed by atoms with E-state index in [-0.39, 0.29) is 99.9 Å². The van der Waals surface area contributed by atoms with E-state index >= 15 is 0 Å². The largest absolute Gasteiger partial charge is 0.756 e. The van der Waals surface area contributed by atoms with Gasteiger partial charge in [0, 0.05) is 155 Å². The van der Waals surface area contributed by atoms with Crippen molar-refractivity contribution in [3.8, 4) is 0 Å². The Kier molecular flexibility index (Phi) is 23.8. The summed E-state index contributed by atoms with van der Waals surface area (Å²) in [6, 6.07) is 2.67. The molecule has 1 aromatic heterocycles. The molecular weight excluding hydrogens is 1290 g/mol. The maximum absolute atomic E-state index is 14.4. The molecule has 2 fully saturated rings. The normalized spacial score (nSPS) is 32.7. The van der Waals surface area contributed by atoms with E-state index in [4.69, 9.17) is 63.2 Å². The monoisotopic (exact) mass is 1390 g/mol. The van der Waals surface area contributed by atoms with Gasteiger partial charge in [0.2, 0.25) is 47.3 Å². The molecule has 0 spiro atoms. The first kappa shape index (κ1) is 77.0. The second kappa shape index (κ2) is 29.4. The van der Waals surface area contributed by atoms with Crippen LogP contribution in [0.1, 0.15) is 157 Å². The summed E-state index contributed by atoms with van der Waals surface area (Å²) in [5.41, 5.74) is 41.7. The van der Waals surface area contributed by atoms with Gasteiger partial charge in [-0.05, 0) is 108 Å². The number of aliphatic hydroxyl groups excluding tert-OH is 2. The molecule has 6 aliphatic rings. The van der Waals surface area contributed by atoms with E-state index in [0.717, 1.165) is 11.1 Å². The van der Waals surface area contributed by atoms with Gasteiger partial charge in [0.25, 0.3) is 7.82 Å². The number of nitrogens with zero attached hydrogens (tertiary/aromatic N) is 5. The van der Waals surface area contributed by atoms with Gasteiger partial charge in [-0.25, -0.2) is 4.98 Å². The molecule has 6 aliphatic heterocycles. The van der Waals surface area contributed by atoms with Crippen molar-refractivity contribution < 1.29 is 88.6 Å². The Morgan fingerprint density at radius 2 is 1.37 bits per heavy atom. The van der Waals surface area contributed by atoms with E-state index in [1.54, 1.807) is 0 Å². The number of allylic oxidation sites excluding steroid dienone is 6. The Morgan fingerprint density at radius 3 is 1.93 bits per heavy atom. The maximum Gasteiger partial charge on any atom is 0.268 e. The number of nitrogens with one attached hydrogen (secondary N) is 2. The number of carbonyl (C=O) groups is 8. The number of aryl methyl sites for hydroxylation is 2. The number of imidazole rings is 1. The second-order valence-corrected chi connectivity index (χ2v) is 29.0. The number of aliphatic imine (C=N–C) groups is 3. The number of benzene rings is 1. The minimum atomic E-state index is -5.32. The van der Waals surface area contributed by atoms with Crippen LogP contribution in [0.5, 0.6) is 0 Å². The van der Waals surface area contributed by atoms with Gasteiger partial charge < -0.3 is 84.2 Å². The van der Waals surface area contributed by atoms with Crippen LogP contribution in [0.4, 0.5) is 0 Å². The summed E-state index contributed by atoms with van der Waals surface area (Å²) >= 11 is 0. The van der Waals surface area contributed by atoms with E-state index in [1.807, 2.05) is 87.4 Å². The van der Waals surface area contributed by atoms with Gasteiger partial charge in [-0.3, -0.25) is 57.9 Å². The summed E-state index contributed by atoms with van der Waals surface area (Å²) < 4.78 is 31.9. The minimum absolute atomic E-state index is 0. The molecule has 2 saturated heterocycles. The summed E-state index contributed by atoms with van der Waals surface area (Å²) in [7, 11) is -5.32. The predicted octanol–water partition coefficient (Wildman–Crippen LogP) is 2.02. The maximum atomic E-state index is 14.4. The van der Waals surface area contributed by atoms with Crippen LogP contribution >= 0.6 is 7.82 Å². The molecule has 5 unspecified atom stereocenters. The topological polar surface area (TPSA) is 506 Å². The van der Waals surface area contributed by atoms with Crippen molar-refractivity contribution in [1.82, 2.24) is 20.2 Å². The molecule has 18 N–H and O–H groups in total. The van der Waals surface area contributed by atoms with Gasteiger partial charge in [0.05, 0.1) is 41.7 Å². The van der Waals surface area contributed by atoms with Crippen LogP contribution in [0.15, 0.2) is 67.8 Å². The summed E-state index contributed by atoms with van der Waals surface area (Å²) in [5, 5.41) is 28.1. The van der Waals surface area contributed by atoms with Crippen LogP contribution in [0.25, 0.3) is 11.0 Å². The number of phosphoric ester groups is 1. The van der Waals surface area contributed by atoms with Crippen LogP contribution < -0.4 is 55.7 Å². The van der Waals surface area contributed by atoms with Crippen LogP contribution in [0.3, 0.4) is 0 Å². The molecule has 2 aromatic rings. The molecule has 0 aliphatic carbocycles. The Bertz CT molecular complexity index is 3650. The average molecular weight is 1390 g/mol. The summed E-state index contributed by atoms with van der Waals surface area (Å²) in [6.07, 6.45) is -4.57. The third-order valence-electron chi connectivity index (χ3n) is 20.6. The quantitative estimate of drug-likeness (QED) is 0.0600. The summed E-state index contributed by atoms with van der Waals surface area (Å²) in [5.74, 6) is -7.58. The van der Waals surface area contributed by atoms with Crippen molar-refractivity contribution in [3.05, 3.63) is 63.9 Å². The fraction of sp³-hybridized carbons (Fsp3) is 0.625. The zero-order chi connectivity index (χ0) is 70.3. The zero-order valence-electron chi connectivity index (χ0n) is 56.0. The van der Waals surface area contributed by atoms with Gasteiger partial charge in [-0.15, -0.1) is 0 Å². The molecule has 95 heavy (non-hydrogen) atoms. The molecule has 7 heterocycles. The van der Waals surface area contributed by atoms with Crippen LogP contribution in [0, 0.1) is 59.2 Å². The van der Waals surface area contributed by atoms with Crippen molar-refractivity contribution >= 4 is 83.2 Å². The SMILES string of the molecule is C/C1=C2N=C(/C=C3\N/C(=C(/C)C4=NC(C)(C5N=C1[C@](C)(CCC(=O)NCC(C)OP(=O)([O-])O[C@@H]1[C@@H](O)[C@@H](n6cnc7cc(C)c(C)cc76)O[C@@H]1CO)C5CC(N)=O)[C@@](C)(CC(N)=O)[C@@H]4CCC(N)=O)[C@@](C)(CC(N)=O)[C@@H]3CCC(N)=O)C(C)(C)[C@@H]/2CCC(N)=O.CC(N)=O.[Co]. The van der Waals surface area contributed by atoms with E-state index in [2.05, 4.69) is 21.4 Å². The number of nitrogens with two attached hydrogens (primary N) is 7. The number of phosphoric acid groups is 1. The van der Waals surface area contributed by atoms with Crippen molar-refractivity contribution in [1.29, 1.82) is 0 Å². The Balaban J connectivity index is 0.00000278. The van der Waals surface area contributed by atoms with Crippen molar-refractivity contribution in [2.75, 3.05) is 13.2 Å². The fourth-order valence-electron chi connectivity index (χ4n) is 15.4. The van der Waals surface area contributed by atoms with E-state index in [9.17, 15) is 58.0 Å². The minimum Gasteiger partial charge on any atom is -0.756 e. The second-order valence-electron chi connectivity index (χ2n) is 27.7. The molecule has 15 atom stereocenters. The zero-order valence-corrected chi connectivity index (χ0v) is 58.0. The third kappa shape index (κ3) is 15.7. The summed E-state index contributed by atoms with van der Waals surface area (Å²) in [4.78, 5) is 137. The van der Waals surface area contributed by atoms with Crippen molar-refractivity contribution in [2.24, 2.45) is 100 Å². The molecule has 8 amide bonds. The Labute approximate surface area is 563 Å². The fourth-order valence-corrected chi connectivity index (χ4v) is 16.6. The number of ether oxygens (including phenoxy) is 1. The van der Waals surface area contributed by atoms with Gasteiger partial charge in [0.1, 0.15) is 18.3 Å². The molecule has 1 radical (unpaired) electrons. The average Bonchev–Trinajstić information content (AvgIpc) is 1.53. The number of hydrogen-bond acceptors (Lipinski definition) is 20. The molecule has 0 saturated carbocycles. The van der Waals surface area contributed by atoms with Crippen LogP contribution in [-0.4, -0.2) is 133 Å².